The summed E-state index contributed by atoms with van der Waals surface area (Å²) >= 11 is 4.61. The van der Waals surface area contributed by atoms with E-state index in [1.165, 1.54) is 16.7 Å². The molecule has 3 rings (SSSR count). The standard InChI is InChI=1S/C21H18BrN3O2S/c1-14-20(27)25(17-9-7-16(22)8-10-17)21(28-14)18(13-23)19(26)24-12-11-15-5-3-2-4-6-15/h2-10,14H,11-12H2,1H3,(H,24,26)/b21-18-/t14-/m0/s1. The third-order valence-electron chi connectivity index (χ3n) is 4.24. The zero-order valence-corrected chi connectivity index (χ0v) is 17.6. The second kappa shape index (κ2) is 9.09. The molecule has 0 unspecified atom stereocenters. The van der Waals surface area contributed by atoms with Gasteiger partial charge in [-0.2, -0.15) is 5.26 Å². The van der Waals surface area contributed by atoms with Crippen molar-refractivity contribution >= 4 is 45.2 Å². The van der Waals surface area contributed by atoms with E-state index in [2.05, 4.69) is 21.2 Å². The number of amides is 2. The van der Waals surface area contributed by atoms with Crippen molar-refractivity contribution in [3.05, 3.63) is 75.2 Å². The van der Waals surface area contributed by atoms with Gasteiger partial charge in [0.15, 0.2) is 0 Å². The molecule has 1 aliphatic rings. The summed E-state index contributed by atoms with van der Waals surface area (Å²) in [5.74, 6) is -0.614. The molecule has 0 spiro atoms. The summed E-state index contributed by atoms with van der Waals surface area (Å²) in [5.41, 5.74) is 1.69. The fraction of sp³-hybridized carbons (Fsp3) is 0.190. The van der Waals surface area contributed by atoms with Crippen molar-refractivity contribution in [1.82, 2.24) is 5.32 Å². The minimum atomic E-state index is -0.468. The monoisotopic (exact) mass is 455 g/mol. The van der Waals surface area contributed by atoms with E-state index in [4.69, 9.17) is 0 Å². The quantitative estimate of drug-likeness (QED) is 0.545. The SMILES string of the molecule is C[C@@H]1S/C(=C(/C#N)C(=O)NCCc2ccccc2)N(c2ccc(Br)cc2)C1=O. The zero-order valence-electron chi connectivity index (χ0n) is 15.2. The lowest BCUT2D eigenvalue weighted by Crippen LogP contribution is -2.31. The van der Waals surface area contributed by atoms with Crippen molar-refractivity contribution in [3.8, 4) is 6.07 Å². The third-order valence-corrected chi connectivity index (χ3v) is 5.93. The summed E-state index contributed by atoms with van der Waals surface area (Å²) in [6, 6.07) is 19.0. The summed E-state index contributed by atoms with van der Waals surface area (Å²) in [5, 5.41) is 12.4. The first-order chi connectivity index (χ1) is 13.5. The summed E-state index contributed by atoms with van der Waals surface area (Å²) in [6.45, 7) is 2.18. The highest BCUT2D eigenvalue weighted by Crippen LogP contribution is 2.40. The second-order valence-corrected chi connectivity index (χ2v) is 8.44. The Morgan fingerprint density at radius 2 is 1.89 bits per heavy atom. The molecule has 1 aliphatic heterocycles. The molecular formula is C21H18BrN3O2S. The summed E-state index contributed by atoms with van der Waals surface area (Å²) in [4.78, 5) is 26.8. The van der Waals surface area contributed by atoms with Crippen LogP contribution in [0.4, 0.5) is 5.69 Å². The highest BCUT2D eigenvalue weighted by Gasteiger charge is 2.38. The first-order valence-electron chi connectivity index (χ1n) is 8.74. The Kier molecular flexibility index (Phi) is 6.55. The maximum Gasteiger partial charge on any atom is 0.264 e. The van der Waals surface area contributed by atoms with E-state index in [-0.39, 0.29) is 16.7 Å². The molecule has 1 saturated heterocycles. The average molecular weight is 456 g/mol. The Labute approximate surface area is 176 Å². The fourth-order valence-corrected chi connectivity index (χ4v) is 4.17. The van der Waals surface area contributed by atoms with E-state index in [0.29, 0.717) is 23.7 Å². The maximum absolute atomic E-state index is 12.7. The van der Waals surface area contributed by atoms with Crippen molar-refractivity contribution in [2.45, 2.75) is 18.6 Å². The molecule has 0 aliphatic carbocycles. The predicted molar refractivity (Wildman–Crippen MR) is 114 cm³/mol. The van der Waals surface area contributed by atoms with E-state index >= 15 is 0 Å². The number of thioether (sulfide) groups is 1. The minimum Gasteiger partial charge on any atom is -0.351 e. The molecule has 0 aromatic heterocycles. The van der Waals surface area contributed by atoms with Gasteiger partial charge in [0.25, 0.3) is 5.91 Å². The lowest BCUT2D eigenvalue weighted by atomic mass is 10.1. The van der Waals surface area contributed by atoms with E-state index in [1.54, 1.807) is 19.1 Å². The molecule has 5 nitrogen and oxygen atoms in total. The number of hydrogen-bond donors (Lipinski definition) is 1. The van der Waals surface area contributed by atoms with Crippen LogP contribution in [-0.2, 0) is 16.0 Å². The van der Waals surface area contributed by atoms with Gasteiger partial charge in [-0.1, -0.05) is 58.0 Å². The molecule has 0 radical (unpaired) electrons. The molecule has 7 heteroatoms. The van der Waals surface area contributed by atoms with Crippen LogP contribution in [0.25, 0.3) is 0 Å². The molecular weight excluding hydrogens is 438 g/mol. The highest BCUT2D eigenvalue weighted by atomic mass is 79.9. The van der Waals surface area contributed by atoms with E-state index in [1.807, 2.05) is 48.5 Å². The predicted octanol–water partition coefficient (Wildman–Crippen LogP) is 4.01. The molecule has 1 fully saturated rings. The van der Waals surface area contributed by atoms with E-state index in [9.17, 15) is 14.9 Å². The van der Waals surface area contributed by atoms with Gasteiger partial charge in [0, 0.05) is 16.7 Å². The van der Waals surface area contributed by atoms with Crippen molar-refractivity contribution in [3.63, 3.8) is 0 Å². The molecule has 1 atom stereocenters. The van der Waals surface area contributed by atoms with Gasteiger partial charge in [0.1, 0.15) is 16.7 Å². The van der Waals surface area contributed by atoms with Crippen LogP contribution in [0.1, 0.15) is 12.5 Å². The number of anilines is 1. The van der Waals surface area contributed by atoms with Crippen LogP contribution in [0.15, 0.2) is 69.7 Å². The van der Waals surface area contributed by atoms with Crippen LogP contribution in [-0.4, -0.2) is 23.6 Å². The molecule has 2 aromatic carbocycles. The molecule has 2 aromatic rings. The van der Waals surface area contributed by atoms with Crippen molar-refractivity contribution in [2.75, 3.05) is 11.4 Å². The van der Waals surface area contributed by atoms with Gasteiger partial charge < -0.3 is 5.32 Å². The Bertz CT molecular complexity index is 952. The maximum atomic E-state index is 12.7. The smallest absolute Gasteiger partial charge is 0.264 e. The second-order valence-electron chi connectivity index (χ2n) is 6.19. The lowest BCUT2D eigenvalue weighted by Gasteiger charge is -2.18. The van der Waals surface area contributed by atoms with Crippen molar-refractivity contribution in [2.24, 2.45) is 0 Å². The van der Waals surface area contributed by atoms with Gasteiger partial charge in [0.2, 0.25) is 5.91 Å². The summed E-state index contributed by atoms with van der Waals surface area (Å²) < 4.78 is 0.883. The van der Waals surface area contributed by atoms with Crippen LogP contribution in [0.3, 0.4) is 0 Å². The van der Waals surface area contributed by atoms with Crippen LogP contribution in [0.5, 0.6) is 0 Å². The van der Waals surface area contributed by atoms with Crippen LogP contribution < -0.4 is 10.2 Å². The van der Waals surface area contributed by atoms with Crippen molar-refractivity contribution < 1.29 is 9.59 Å². The molecule has 28 heavy (non-hydrogen) atoms. The normalized spacial score (nSPS) is 18.0. The van der Waals surface area contributed by atoms with Gasteiger partial charge in [0.05, 0.1) is 5.25 Å². The topological polar surface area (TPSA) is 73.2 Å². The number of nitrogens with one attached hydrogen (secondary N) is 1. The molecule has 0 bridgehead atoms. The van der Waals surface area contributed by atoms with Crippen molar-refractivity contribution in [1.29, 1.82) is 5.26 Å². The van der Waals surface area contributed by atoms with E-state index in [0.717, 1.165) is 10.0 Å². The number of nitriles is 1. The number of halogens is 1. The first kappa shape index (κ1) is 20.2. The Hall–Kier alpha value is -2.56. The molecule has 1 N–H and O–H groups in total. The van der Waals surface area contributed by atoms with Gasteiger partial charge in [-0.05, 0) is 43.2 Å². The molecule has 1 heterocycles. The zero-order chi connectivity index (χ0) is 20.1. The van der Waals surface area contributed by atoms with Gasteiger partial charge in [-0.15, -0.1) is 0 Å². The molecule has 2 amide bonds. The summed E-state index contributed by atoms with van der Waals surface area (Å²) in [6.07, 6.45) is 0.666. The number of carbonyl (C=O) groups excluding carboxylic acids is 2. The van der Waals surface area contributed by atoms with E-state index < -0.39 is 5.91 Å². The third kappa shape index (κ3) is 4.46. The van der Waals surface area contributed by atoms with Crippen LogP contribution in [0.2, 0.25) is 0 Å². The molecule has 0 saturated carbocycles. The largest absolute Gasteiger partial charge is 0.351 e. The Morgan fingerprint density at radius 1 is 1.21 bits per heavy atom. The Morgan fingerprint density at radius 3 is 2.54 bits per heavy atom. The number of nitrogens with zero attached hydrogens (tertiary/aromatic N) is 2. The number of carbonyl (C=O) groups is 2. The number of rotatable bonds is 5. The fourth-order valence-electron chi connectivity index (χ4n) is 2.81. The number of benzene rings is 2. The lowest BCUT2D eigenvalue weighted by molar-refractivity contribution is -0.117. The first-order valence-corrected chi connectivity index (χ1v) is 10.4. The average Bonchev–Trinajstić information content (AvgIpc) is 2.98. The van der Waals surface area contributed by atoms with Gasteiger partial charge in [-0.3, -0.25) is 14.5 Å². The van der Waals surface area contributed by atoms with Crippen LogP contribution in [0, 0.1) is 11.3 Å². The summed E-state index contributed by atoms with van der Waals surface area (Å²) in [7, 11) is 0. The number of hydrogen-bond acceptors (Lipinski definition) is 4. The minimum absolute atomic E-state index is 0.0429. The van der Waals surface area contributed by atoms with Gasteiger partial charge in [-0.25, -0.2) is 0 Å². The van der Waals surface area contributed by atoms with Crippen LogP contribution >= 0.6 is 27.7 Å². The van der Waals surface area contributed by atoms with Gasteiger partial charge >= 0.3 is 0 Å². The highest BCUT2D eigenvalue weighted by molar-refractivity contribution is 9.10. The Balaban J connectivity index is 1.82. The molecule has 142 valence electrons.